The fourth-order valence-electron chi connectivity index (χ4n) is 0.531. The second-order valence-corrected chi connectivity index (χ2v) is 3.98. The number of hydrogen-bond donors (Lipinski definition) is 1. The van der Waals surface area contributed by atoms with E-state index in [1.165, 1.54) is 0 Å². The Morgan fingerprint density at radius 2 is 2.00 bits per heavy atom. The monoisotopic (exact) mass is 187 g/mol. The third-order valence-electron chi connectivity index (χ3n) is 0.930. The molecule has 6 heteroatoms. The molecule has 0 aromatic heterocycles. The van der Waals surface area contributed by atoms with Gasteiger partial charge in [0.25, 0.3) is 6.43 Å². The Morgan fingerprint density at radius 3 is 2.36 bits per heavy atom. The summed E-state index contributed by atoms with van der Waals surface area (Å²) in [5, 5.41) is 0. The molecule has 0 spiro atoms. The summed E-state index contributed by atoms with van der Waals surface area (Å²) in [5.74, 6) is -0.0975. The Morgan fingerprint density at radius 1 is 1.45 bits per heavy atom. The second kappa shape index (κ2) is 4.61. The highest BCUT2D eigenvalue weighted by Gasteiger charge is 2.10. The predicted octanol–water partition coefficient (Wildman–Crippen LogP) is 0.581. The largest absolute Gasteiger partial charge is 0.251 e. The van der Waals surface area contributed by atoms with Crippen LogP contribution in [0.25, 0.3) is 0 Å². The van der Waals surface area contributed by atoms with Gasteiger partial charge in [0.05, 0.1) is 12.3 Å². The van der Waals surface area contributed by atoms with Crippen LogP contribution in [0, 0.1) is 0 Å². The molecular weight excluding hydrogens is 176 g/mol. The van der Waals surface area contributed by atoms with E-state index in [4.69, 9.17) is 0 Å². The minimum absolute atomic E-state index is 0.0975. The van der Waals surface area contributed by atoms with E-state index in [2.05, 4.69) is 0 Å². The van der Waals surface area contributed by atoms with Crippen molar-refractivity contribution in [1.82, 2.24) is 4.72 Å². The molecule has 0 amide bonds. The summed E-state index contributed by atoms with van der Waals surface area (Å²) >= 11 is 0. The van der Waals surface area contributed by atoms with E-state index in [0.717, 1.165) is 0 Å². The maximum absolute atomic E-state index is 11.5. The molecule has 0 aliphatic rings. The SMILES string of the molecule is CCCS(=O)(=O)NCC(F)F. The van der Waals surface area contributed by atoms with Crippen LogP contribution in [0.1, 0.15) is 13.3 Å². The minimum Gasteiger partial charge on any atom is -0.212 e. The van der Waals surface area contributed by atoms with Crippen LogP contribution in [0.15, 0.2) is 0 Å². The molecule has 3 nitrogen and oxygen atoms in total. The van der Waals surface area contributed by atoms with Crippen molar-refractivity contribution >= 4 is 10.0 Å². The first-order valence-electron chi connectivity index (χ1n) is 3.23. The highest BCUT2D eigenvalue weighted by atomic mass is 32.2. The van der Waals surface area contributed by atoms with Crippen LogP contribution in [0.4, 0.5) is 8.78 Å². The smallest absolute Gasteiger partial charge is 0.212 e. The lowest BCUT2D eigenvalue weighted by molar-refractivity contribution is 0.153. The lowest BCUT2D eigenvalue weighted by Crippen LogP contribution is -2.30. The molecule has 0 atom stereocenters. The van der Waals surface area contributed by atoms with Gasteiger partial charge in [0.1, 0.15) is 0 Å². The van der Waals surface area contributed by atoms with Gasteiger partial charge >= 0.3 is 0 Å². The van der Waals surface area contributed by atoms with Crippen molar-refractivity contribution in [3.05, 3.63) is 0 Å². The zero-order valence-corrected chi connectivity index (χ0v) is 7.00. The normalized spacial score (nSPS) is 12.4. The van der Waals surface area contributed by atoms with Crippen LogP contribution < -0.4 is 4.72 Å². The highest BCUT2D eigenvalue weighted by molar-refractivity contribution is 7.89. The molecule has 0 aliphatic carbocycles. The Bertz CT molecular complexity index is 191. The summed E-state index contributed by atoms with van der Waals surface area (Å²) in [6, 6.07) is 0. The van der Waals surface area contributed by atoms with E-state index in [0.29, 0.717) is 6.42 Å². The quantitative estimate of drug-likeness (QED) is 0.684. The summed E-state index contributed by atoms with van der Waals surface area (Å²) in [6.07, 6.45) is -2.19. The highest BCUT2D eigenvalue weighted by Crippen LogP contribution is 1.92. The van der Waals surface area contributed by atoms with Gasteiger partial charge in [-0.05, 0) is 6.42 Å². The molecule has 11 heavy (non-hydrogen) atoms. The van der Waals surface area contributed by atoms with Gasteiger partial charge in [-0.15, -0.1) is 0 Å². The van der Waals surface area contributed by atoms with Gasteiger partial charge in [0.2, 0.25) is 10.0 Å². The molecule has 0 aliphatic heterocycles. The van der Waals surface area contributed by atoms with E-state index >= 15 is 0 Å². The number of nitrogens with one attached hydrogen (secondary N) is 1. The Labute approximate surface area is 64.8 Å². The number of rotatable bonds is 5. The third-order valence-corrected chi connectivity index (χ3v) is 2.48. The van der Waals surface area contributed by atoms with Gasteiger partial charge < -0.3 is 0 Å². The summed E-state index contributed by atoms with van der Waals surface area (Å²) < 4.78 is 46.1. The zero-order valence-electron chi connectivity index (χ0n) is 6.18. The molecule has 0 aromatic rings. The first kappa shape index (κ1) is 10.8. The van der Waals surface area contributed by atoms with Crippen molar-refractivity contribution < 1.29 is 17.2 Å². The molecule has 0 heterocycles. The van der Waals surface area contributed by atoms with E-state index in [1.54, 1.807) is 11.6 Å². The van der Waals surface area contributed by atoms with E-state index in [9.17, 15) is 17.2 Å². The molecule has 0 saturated heterocycles. The summed E-state index contributed by atoms with van der Waals surface area (Å²) in [6.45, 7) is 0.879. The Balaban J connectivity index is 3.74. The van der Waals surface area contributed by atoms with Crippen LogP contribution in [-0.2, 0) is 10.0 Å². The fourth-order valence-corrected chi connectivity index (χ4v) is 1.59. The number of halogens is 2. The average Bonchev–Trinajstić information content (AvgIpc) is 1.84. The van der Waals surface area contributed by atoms with Crippen molar-refractivity contribution in [2.24, 2.45) is 0 Å². The average molecular weight is 187 g/mol. The van der Waals surface area contributed by atoms with E-state index < -0.39 is 23.0 Å². The molecule has 1 N–H and O–H groups in total. The molecule has 0 rings (SSSR count). The van der Waals surface area contributed by atoms with Crippen LogP contribution in [0.3, 0.4) is 0 Å². The third kappa shape index (κ3) is 6.18. The van der Waals surface area contributed by atoms with E-state index in [-0.39, 0.29) is 5.75 Å². The van der Waals surface area contributed by atoms with E-state index in [1.807, 2.05) is 0 Å². The second-order valence-electron chi connectivity index (χ2n) is 2.06. The number of sulfonamides is 1. The maximum atomic E-state index is 11.5. The zero-order chi connectivity index (χ0) is 8.91. The minimum atomic E-state index is -3.46. The van der Waals surface area contributed by atoms with Crippen LogP contribution in [0.2, 0.25) is 0 Å². The molecule has 68 valence electrons. The van der Waals surface area contributed by atoms with Crippen molar-refractivity contribution in [2.45, 2.75) is 19.8 Å². The van der Waals surface area contributed by atoms with Crippen LogP contribution in [0.5, 0.6) is 0 Å². The molecule has 0 radical (unpaired) electrons. The molecule has 0 aromatic carbocycles. The predicted molar refractivity (Wildman–Crippen MR) is 38.1 cm³/mol. The van der Waals surface area contributed by atoms with Gasteiger partial charge in [-0.1, -0.05) is 6.92 Å². The summed E-state index contributed by atoms with van der Waals surface area (Å²) in [5.41, 5.74) is 0. The lowest BCUT2D eigenvalue weighted by Gasteiger charge is -2.03. The molecule has 0 saturated carbocycles. The molecule has 0 bridgehead atoms. The summed E-state index contributed by atoms with van der Waals surface area (Å²) in [4.78, 5) is 0. The number of alkyl halides is 2. The van der Waals surface area contributed by atoms with Crippen molar-refractivity contribution in [3.8, 4) is 0 Å². The van der Waals surface area contributed by atoms with Gasteiger partial charge in [0, 0.05) is 0 Å². The van der Waals surface area contributed by atoms with Crippen molar-refractivity contribution in [2.75, 3.05) is 12.3 Å². The van der Waals surface area contributed by atoms with Gasteiger partial charge in [-0.3, -0.25) is 0 Å². The molecule has 0 unspecified atom stereocenters. The lowest BCUT2D eigenvalue weighted by atomic mass is 10.6. The number of hydrogen-bond acceptors (Lipinski definition) is 2. The standard InChI is InChI=1S/C5H11F2NO2S/c1-2-3-11(9,10)8-4-5(6)7/h5,8H,2-4H2,1H3. The topological polar surface area (TPSA) is 46.2 Å². The maximum Gasteiger partial charge on any atom is 0.251 e. The van der Waals surface area contributed by atoms with Crippen LogP contribution >= 0.6 is 0 Å². The van der Waals surface area contributed by atoms with Gasteiger partial charge in [0.15, 0.2) is 0 Å². The Hall–Kier alpha value is -0.230. The van der Waals surface area contributed by atoms with Crippen molar-refractivity contribution in [1.29, 1.82) is 0 Å². The first-order chi connectivity index (χ1) is 4.98. The Kier molecular flexibility index (Phi) is 4.51. The van der Waals surface area contributed by atoms with Crippen LogP contribution in [-0.4, -0.2) is 27.1 Å². The van der Waals surface area contributed by atoms with Gasteiger partial charge in [-0.2, -0.15) is 0 Å². The fraction of sp³-hybridized carbons (Fsp3) is 1.00. The molecule has 0 fully saturated rings. The summed E-state index contributed by atoms with van der Waals surface area (Å²) in [7, 11) is -3.46. The van der Waals surface area contributed by atoms with Crippen molar-refractivity contribution in [3.63, 3.8) is 0 Å². The first-order valence-corrected chi connectivity index (χ1v) is 4.88. The molecular formula is C5H11F2NO2S. The van der Waals surface area contributed by atoms with Gasteiger partial charge in [-0.25, -0.2) is 21.9 Å².